The first-order valence-corrected chi connectivity index (χ1v) is 8.35. The second-order valence-electron chi connectivity index (χ2n) is 5.74. The lowest BCUT2D eigenvalue weighted by Gasteiger charge is -2.28. The minimum atomic E-state index is -0.468. The molecule has 0 radical (unpaired) electrons. The Labute approximate surface area is 151 Å². The summed E-state index contributed by atoms with van der Waals surface area (Å²) in [4.78, 5) is 11.6. The lowest BCUT2D eigenvalue weighted by atomic mass is 9.97. The fourth-order valence-corrected chi connectivity index (χ4v) is 2.28. The number of esters is 1. The van der Waals surface area contributed by atoms with Crippen molar-refractivity contribution in [1.29, 1.82) is 0 Å². The van der Waals surface area contributed by atoms with Crippen molar-refractivity contribution in [2.24, 2.45) is 5.92 Å². The van der Waals surface area contributed by atoms with Crippen molar-refractivity contribution < 1.29 is 28.8 Å². The molecule has 0 aromatic rings. The molecule has 0 unspecified atom stereocenters. The summed E-state index contributed by atoms with van der Waals surface area (Å²) in [5.74, 6) is -0.434. The molecule has 6 nitrogen and oxygen atoms in total. The van der Waals surface area contributed by atoms with Gasteiger partial charge in [0, 0.05) is 26.2 Å². The van der Waals surface area contributed by atoms with E-state index in [0.29, 0.717) is 0 Å². The number of methoxy groups -OCH3 is 2. The third-order valence-corrected chi connectivity index (χ3v) is 3.53. The second kappa shape index (κ2) is 14.8. The van der Waals surface area contributed by atoms with Crippen molar-refractivity contribution >= 4 is 5.97 Å². The number of aliphatic hydroxyl groups excluding tert-OH is 1. The van der Waals surface area contributed by atoms with Gasteiger partial charge in [0.25, 0.3) is 0 Å². The van der Waals surface area contributed by atoms with Gasteiger partial charge in [0.2, 0.25) is 0 Å². The number of ether oxygens (including phenoxy) is 4. The van der Waals surface area contributed by atoms with E-state index in [9.17, 15) is 9.90 Å². The van der Waals surface area contributed by atoms with Crippen molar-refractivity contribution in [3.05, 3.63) is 36.5 Å². The van der Waals surface area contributed by atoms with Crippen LogP contribution in [0, 0.1) is 5.92 Å². The third-order valence-electron chi connectivity index (χ3n) is 3.53. The Hall–Kier alpha value is -1.47. The highest BCUT2D eigenvalue weighted by molar-refractivity contribution is 5.81. The lowest BCUT2D eigenvalue weighted by Crippen LogP contribution is -2.38. The van der Waals surface area contributed by atoms with Gasteiger partial charge in [0.05, 0.1) is 12.7 Å². The summed E-state index contributed by atoms with van der Waals surface area (Å²) in [7, 11) is 3.05. The van der Waals surface area contributed by atoms with Crippen LogP contribution in [0.15, 0.2) is 36.5 Å². The summed E-state index contributed by atoms with van der Waals surface area (Å²) in [6.45, 7) is 7.58. The molecule has 144 valence electrons. The summed E-state index contributed by atoms with van der Waals surface area (Å²) < 4.78 is 21.0. The quantitative estimate of drug-likeness (QED) is 0.170. The van der Waals surface area contributed by atoms with Crippen LogP contribution in [0.2, 0.25) is 0 Å². The number of hydrogen-bond donors (Lipinski definition) is 1. The molecule has 0 aliphatic heterocycles. The zero-order valence-corrected chi connectivity index (χ0v) is 15.8. The van der Waals surface area contributed by atoms with Gasteiger partial charge in [-0.3, -0.25) is 0 Å². The molecule has 0 saturated carbocycles. The van der Waals surface area contributed by atoms with Crippen LogP contribution in [0.5, 0.6) is 0 Å². The van der Waals surface area contributed by atoms with Crippen molar-refractivity contribution in [2.75, 3.05) is 34.2 Å². The third kappa shape index (κ3) is 10.9. The van der Waals surface area contributed by atoms with Crippen LogP contribution in [-0.2, 0) is 23.7 Å². The molecule has 0 spiro atoms. The molecule has 3 atom stereocenters. The predicted octanol–water partition coefficient (Wildman–Crippen LogP) is 2.63. The van der Waals surface area contributed by atoms with Gasteiger partial charge < -0.3 is 24.1 Å². The lowest BCUT2D eigenvalue weighted by molar-refractivity contribution is -0.141. The minimum absolute atomic E-state index is 0.0610. The Morgan fingerprint density at radius 2 is 2.00 bits per heavy atom. The maximum atomic E-state index is 11.6. The molecule has 0 saturated heterocycles. The van der Waals surface area contributed by atoms with Crippen molar-refractivity contribution in [3.8, 4) is 0 Å². The van der Waals surface area contributed by atoms with Gasteiger partial charge >= 0.3 is 5.97 Å². The topological polar surface area (TPSA) is 74.2 Å². The summed E-state index contributed by atoms with van der Waals surface area (Å²) in [5.41, 5.74) is 0.888. The van der Waals surface area contributed by atoms with Gasteiger partial charge in [0.1, 0.15) is 19.5 Å². The van der Waals surface area contributed by atoms with Gasteiger partial charge in [-0.2, -0.15) is 0 Å². The Morgan fingerprint density at radius 1 is 1.28 bits per heavy atom. The number of unbranched alkanes of at least 4 members (excludes halogenated alkanes) is 1. The van der Waals surface area contributed by atoms with Crippen molar-refractivity contribution in [3.63, 3.8) is 0 Å². The van der Waals surface area contributed by atoms with Crippen LogP contribution in [0.25, 0.3) is 0 Å². The number of carbonyl (C=O) groups is 1. The van der Waals surface area contributed by atoms with E-state index in [-0.39, 0.29) is 38.0 Å². The summed E-state index contributed by atoms with van der Waals surface area (Å²) in [6, 6.07) is 0. The summed E-state index contributed by atoms with van der Waals surface area (Å²) in [6.07, 6.45) is 7.69. The van der Waals surface area contributed by atoms with E-state index in [1.54, 1.807) is 12.2 Å². The molecular formula is C19H32O6. The predicted molar refractivity (Wildman–Crippen MR) is 97.1 cm³/mol. The van der Waals surface area contributed by atoms with Crippen LogP contribution in [-0.4, -0.2) is 57.5 Å². The molecule has 6 heteroatoms. The molecule has 1 N–H and O–H groups in total. The molecule has 0 rings (SSSR count). The van der Waals surface area contributed by atoms with E-state index in [1.165, 1.54) is 20.3 Å². The van der Waals surface area contributed by atoms with Crippen LogP contribution in [0.3, 0.4) is 0 Å². The fraction of sp³-hybridized carbons (Fsp3) is 0.632. The Bertz CT molecular complexity index is 426. The largest absolute Gasteiger partial charge is 0.458 e. The van der Waals surface area contributed by atoms with Gasteiger partial charge in [-0.05, 0) is 25.3 Å². The Morgan fingerprint density at radius 3 is 2.56 bits per heavy atom. The van der Waals surface area contributed by atoms with E-state index < -0.39 is 6.10 Å². The van der Waals surface area contributed by atoms with Crippen LogP contribution < -0.4 is 0 Å². The highest BCUT2D eigenvalue weighted by Crippen LogP contribution is 2.17. The summed E-state index contributed by atoms with van der Waals surface area (Å²) >= 11 is 0. The van der Waals surface area contributed by atoms with Gasteiger partial charge in [-0.15, -0.1) is 6.58 Å². The number of aliphatic hydroxyl groups is 1. The maximum Gasteiger partial charge on any atom is 0.330 e. The van der Waals surface area contributed by atoms with E-state index >= 15 is 0 Å². The molecule has 0 aromatic carbocycles. The first-order chi connectivity index (χ1) is 12.0. The van der Waals surface area contributed by atoms with Gasteiger partial charge in [-0.25, -0.2) is 4.79 Å². The number of hydrogen-bond acceptors (Lipinski definition) is 6. The van der Waals surface area contributed by atoms with Crippen LogP contribution >= 0.6 is 0 Å². The molecule has 25 heavy (non-hydrogen) atoms. The molecular weight excluding hydrogens is 324 g/mol. The number of rotatable bonds is 14. The van der Waals surface area contributed by atoms with Gasteiger partial charge in [-0.1, -0.05) is 25.2 Å². The molecule has 0 fully saturated rings. The standard InChI is InChI=1S/C19H32O6/c1-6-7-8-9-10-18(21)24-13-15(2)11-16(3)19(25-14-22-4)17(12-20)23-5/h6,9-11,16-17,19-20H,1,7-8,12-14H2,2-5H3/b10-9+,15-11-/t16-,17+,19+/m1/s1. The molecule has 0 aliphatic carbocycles. The fourth-order valence-electron chi connectivity index (χ4n) is 2.28. The average Bonchev–Trinajstić information content (AvgIpc) is 2.60. The zero-order chi connectivity index (χ0) is 19.1. The van der Waals surface area contributed by atoms with E-state index in [2.05, 4.69) is 6.58 Å². The van der Waals surface area contributed by atoms with E-state index in [4.69, 9.17) is 18.9 Å². The molecule has 0 aliphatic rings. The Balaban J connectivity index is 4.61. The highest BCUT2D eigenvalue weighted by Gasteiger charge is 2.26. The molecule has 0 aromatic heterocycles. The molecule has 0 bridgehead atoms. The summed E-state index contributed by atoms with van der Waals surface area (Å²) in [5, 5.41) is 9.43. The number of carbonyl (C=O) groups excluding carboxylic acids is 1. The molecule has 0 amide bonds. The van der Waals surface area contributed by atoms with Crippen molar-refractivity contribution in [1.82, 2.24) is 0 Å². The van der Waals surface area contributed by atoms with E-state index in [0.717, 1.165) is 18.4 Å². The smallest absolute Gasteiger partial charge is 0.330 e. The highest BCUT2D eigenvalue weighted by atomic mass is 16.7. The van der Waals surface area contributed by atoms with Gasteiger partial charge in [0.15, 0.2) is 0 Å². The van der Waals surface area contributed by atoms with Crippen LogP contribution in [0.4, 0.5) is 0 Å². The average molecular weight is 356 g/mol. The minimum Gasteiger partial charge on any atom is -0.458 e. The van der Waals surface area contributed by atoms with Crippen molar-refractivity contribution in [2.45, 2.75) is 38.9 Å². The monoisotopic (exact) mass is 356 g/mol. The zero-order valence-electron chi connectivity index (χ0n) is 15.8. The number of allylic oxidation sites excluding steroid dienone is 2. The molecule has 0 heterocycles. The van der Waals surface area contributed by atoms with E-state index in [1.807, 2.05) is 19.9 Å². The Kier molecular flexibility index (Phi) is 14.0. The van der Waals surface area contributed by atoms with Crippen LogP contribution in [0.1, 0.15) is 26.7 Å². The normalized spacial score (nSPS) is 15.8. The first kappa shape index (κ1) is 23.5. The first-order valence-electron chi connectivity index (χ1n) is 8.35. The second-order valence-corrected chi connectivity index (χ2v) is 5.74. The SMILES string of the molecule is C=CCC/C=C/C(=O)OC/C(C)=C\[C@@H](C)[C@H](OCOC)[C@H](CO)OC. The maximum absolute atomic E-state index is 11.6.